The Morgan fingerprint density at radius 3 is 2.53 bits per heavy atom. The van der Waals surface area contributed by atoms with Crippen LogP contribution in [-0.4, -0.2) is 48.2 Å². The second kappa shape index (κ2) is 6.16. The number of nitrogens with zero attached hydrogens (tertiary/aromatic N) is 1. The van der Waals surface area contributed by atoms with E-state index in [2.05, 4.69) is 4.74 Å². The third kappa shape index (κ3) is 5.00. The summed E-state index contributed by atoms with van der Waals surface area (Å²) in [5, 5.41) is 0. The van der Waals surface area contributed by atoms with Crippen molar-refractivity contribution >= 4 is 12.1 Å². The topological polar surface area (TPSA) is 55.8 Å². The van der Waals surface area contributed by atoms with Crippen LogP contribution < -0.4 is 0 Å². The van der Waals surface area contributed by atoms with Gasteiger partial charge < -0.3 is 9.47 Å². The molecule has 0 aromatic carbocycles. The Morgan fingerprint density at radius 1 is 1.37 bits per heavy atom. The molecule has 110 valence electrons. The Labute approximate surface area is 110 Å². The zero-order valence-electron chi connectivity index (χ0n) is 11.3. The van der Waals surface area contributed by atoms with Gasteiger partial charge in [0.1, 0.15) is 11.6 Å². The summed E-state index contributed by atoms with van der Waals surface area (Å²) < 4.78 is 33.6. The summed E-state index contributed by atoms with van der Waals surface area (Å²) in [7, 11) is 0. The molecule has 1 atom stereocenters. The fourth-order valence-corrected chi connectivity index (χ4v) is 1.79. The van der Waals surface area contributed by atoms with Crippen molar-refractivity contribution < 1.29 is 27.8 Å². The van der Waals surface area contributed by atoms with E-state index in [-0.39, 0.29) is 0 Å². The zero-order chi connectivity index (χ0) is 14.6. The summed E-state index contributed by atoms with van der Waals surface area (Å²) in [6, 6.07) is -0.825. The zero-order valence-corrected chi connectivity index (χ0v) is 11.3. The molecule has 1 amide bonds. The lowest BCUT2D eigenvalue weighted by Crippen LogP contribution is -2.44. The van der Waals surface area contributed by atoms with E-state index in [1.54, 1.807) is 20.8 Å². The maximum absolute atomic E-state index is 12.0. The normalized spacial score (nSPS) is 19.7. The van der Waals surface area contributed by atoms with E-state index in [4.69, 9.17) is 4.74 Å². The highest BCUT2D eigenvalue weighted by atomic mass is 19.3. The number of alkyl halides is 2. The van der Waals surface area contributed by atoms with Crippen LogP contribution in [0, 0.1) is 0 Å². The summed E-state index contributed by atoms with van der Waals surface area (Å²) >= 11 is 0. The van der Waals surface area contributed by atoms with E-state index in [1.165, 1.54) is 4.90 Å². The van der Waals surface area contributed by atoms with Gasteiger partial charge >= 0.3 is 12.1 Å². The van der Waals surface area contributed by atoms with Crippen LogP contribution in [0.4, 0.5) is 13.6 Å². The lowest BCUT2D eigenvalue weighted by Gasteiger charge is -2.27. The molecule has 1 rings (SSSR count). The lowest BCUT2D eigenvalue weighted by molar-refractivity contribution is -0.152. The molecular weight excluding hydrogens is 260 g/mol. The molecule has 1 heterocycles. The second-order valence-corrected chi connectivity index (χ2v) is 5.35. The van der Waals surface area contributed by atoms with E-state index in [1.807, 2.05) is 0 Å². The minimum absolute atomic E-state index is 0.364. The van der Waals surface area contributed by atoms with Crippen LogP contribution in [0.25, 0.3) is 0 Å². The lowest BCUT2D eigenvalue weighted by atomic mass is 10.2. The summed E-state index contributed by atoms with van der Waals surface area (Å²) in [5.41, 5.74) is -0.670. The molecule has 1 saturated heterocycles. The molecule has 5 nitrogen and oxygen atoms in total. The third-order valence-corrected chi connectivity index (χ3v) is 2.50. The molecule has 0 spiro atoms. The average Bonchev–Trinajstić information content (AvgIpc) is 2.72. The minimum Gasteiger partial charge on any atom is -0.458 e. The van der Waals surface area contributed by atoms with Gasteiger partial charge in [0.15, 0.2) is 6.61 Å². The highest BCUT2D eigenvalue weighted by molar-refractivity contribution is 5.82. The maximum atomic E-state index is 12.0. The number of esters is 1. The van der Waals surface area contributed by atoms with Crippen LogP contribution in [-0.2, 0) is 14.3 Å². The van der Waals surface area contributed by atoms with Crippen molar-refractivity contribution in [2.75, 3.05) is 13.2 Å². The van der Waals surface area contributed by atoms with Crippen LogP contribution in [0.2, 0.25) is 0 Å². The maximum Gasteiger partial charge on any atom is 0.411 e. The van der Waals surface area contributed by atoms with Crippen molar-refractivity contribution in [3.63, 3.8) is 0 Å². The number of rotatable bonds is 3. The summed E-state index contributed by atoms with van der Waals surface area (Å²) in [5.74, 6) is -0.802. The Bertz CT molecular complexity index is 341. The van der Waals surface area contributed by atoms with Crippen LogP contribution in [0.3, 0.4) is 0 Å². The summed E-state index contributed by atoms with van der Waals surface area (Å²) in [4.78, 5) is 24.7. The Kier molecular flexibility index (Phi) is 5.08. The van der Waals surface area contributed by atoms with E-state index in [9.17, 15) is 18.4 Å². The van der Waals surface area contributed by atoms with Crippen molar-refractivity contribution in [2.45, 2.75) is 51.7 Å². The molecule has 1 aliphatic heterocycles. The third-order valence-electron chi connectivity index (χ3n) is 2.50. The van der Waals surface area contributed by atoms with Gasteiger partial charge in [0, 0.05) is 6.54 Å². The number of likely N-dealkylation sites (tertiary alicyclic amines) is 1. The van der Waals surface area contributed by atoms with Crippen molar-refractivity contribution in [1.29, 1.82) is 0 Å². The van der Waals surface area contributed by atoms with Crippen LogP contribution in [0.1, 0.15) is 33.6 Å². The fourth-order valence-electron chi connectivity index (χ4n) is 1.79. The van der Waals surface area contributed by atoms with Crippen molar-refractivity contribution in [2.24, 2.45) is 0 Å². The molecule has 0 bridgehead atoms. The van der Waals surface area contributed by atoms with Gasteiger partial charge in [-0.1, -0.05) is 0 Å². The molecule has 0 unspecified atom stereocenters. The molecule has 0 aliphatic carbocycles. The summed E-state index contributed by atoms with van der Waals surface area (Å²) in [6.45, 7) is 4.56. The van der Waals surface area contributed by atoms with Crippen LogP contribution in [0.5, 0.6) is 0 Å². The van der Waals surface area contributed by atoms with Gasteiger partial charge in [-0.05, 0) is 33.6 Å². The number of ether oxygens (including phenoxy) is 2. The Morgan fingerprint density at radius 2 is 2.00 bits per heavy atom. The standard InChI is InChI=1S/C12H19F2NO4/c1-12(2,3)19-11(17)15-6-4-5-8(15)10(16)18-7-9(13)14/h8-9H,4-7H2,1-3H3/t8-/m1/s1. The van der Waals surface area contributed by atoms with E-state index < -0.39 is 36.7 Å². The van der Waals surface area contributed by atoms with Gasteiger partial charge in [0.05, 0.1) is 0 Å². The first-order valence-corrected chi connectivity index (χ1v) is 6.15. The number of hydrogen-bond donors (Lipinski definition) is 0. The Hall–Kier alpha value is -1.40. The predicted octanol–water partition coefficient (Wildman–Crippen LogP) is 2.19. The number of hydrogen-bond acceptors (Lipinski definition) is 4. The largest absolute Gasteiger partial charge is 0.458 e. The van der Waals surface area contributed by atoms with Crippen molar-refractivity contribution in [1.82, 2.24) is 4.90 Å². The highest BCUT2D eigenvalue weighted by Crippen LogP contribution is 2.21. The smallest absolute Gasteiger partial charge is 0.411 e. The van der Waals surface area contributed by atoms with Gasteiger partial charge in [0.25, 0.3) is 6.43 Å². The number of carbonyl (C=O) groups is 2. The number of halogens is 2. The highest BCUT2D eigenvalue weighted by Gasteiger charge is 2.37. The summed E-state index contributed by atoms with van der Waals surface area (Å²) in [6.07, 6.45) is -2.31. The molecule has 19 heavy (non-hydrogen) atoms. The van der Waals surface area contributed by atoms with Gasteiger partial charge in [-0.2, -0.15) is 0 Å². The molecule has 0 radical (unpaired) electrons. The van der Waals surface area contributed by atoms with Gasteiger partial charge in [-0.25, -0.2) is 18.4 Å². The molecule has 1 aliphatic rings. The number of amides is 1. The fraction of sp³-hybridized carbons (Fsp3) is 0.833. The Balaban J connectivity index is 2.58. The van der Waals surface area contributed by atoms with E-state index in [0.717, 1.165) is 0 Å². The average molecular weight is 279 g/mol. The SMILES string of the molecule is CC(C)(C)OC(=O)N1CCC[C@@H]1C(=O)OCC(F)F. The van der Waals surface area contributed by atoms with Gasteiger partial charge in [-0.3, -0.25) is 4.90 Å². The van der Waals surface area contributed by atoms with E-state index in [0.29, 0.717) is 19.4 Å². The quantitative estimate of drug-likeness (QED) is 0.743. The molecule has 1 fully saturated rings. The first-order valence-electron chi connectivity index (χ1n) is 6.15. The van der Waals surface area contributed by atoms with Crippen molar-refractivity contribution in [3.8, 4) is 0 Å². The second-order valence-electron chi connectivity index (χ2n) is 5.35. The number of carbonyl (C=O) groups excluding carboxylic acids is 2. The first kappa shape index (κ1) is 15.7. The minimum atomic E-state index is -2.71. The van der Waals surface area contributed by atoms with Gasteiger partial charge in [0.2, 0.25) is 0 Å². The monoisotopic (exact) mass is 279 g/mol. The van der Waals surface area contributed by atoms with E-state index >= 15 is 0 Å². The molecule has 7 heteroatoms. The van der Waals surface area contributed by atoms with Crippen LogP contribution >= 0.6 is 0 Å². The molecule has 0 N–H and O–H groups in total. The van der Waals surface area contributed by atoms with Crippen molar-refractivity contribution in [3.05, 3.63) is 0 Å². The molecule has 0 aromatic heterocycles. The van der Waals surface area contributed by atoms with Gasteiger partial charge in [-0.15, -0.1) is 0 Å². The molecular formula is C12H19F2NO4. The molecule has 0 saturated carbocycles. The first-order chi connectivity index (χ1) is 8.70. The predicted molar refractivity (Wildman–Crippen MR) is 62.9 cm³/mol. The van der Waals surface area contributed by atoms with Crippen LogP contribution in [0.15, 0.2) is 0 Å². The molecule has 0 aromatic rings.